The molecule has 1 nitrogen and oxygen atoms in total. The number of hydrogen-bond donors (Lipinski definition) is 0. The van der Waals surface area contributed by atoms with Gasteiger partial charge in [-0.15, -0.1) is 0 Å². The summed E-state index contributed by atoms with van der Waals surface area (Å²) in [5.41, 5.74) is 3.47. The van der Waals surface area contributed by atoms with Crippen LogP contribution in [0.15, 0.2) is 12.1 Å². The SMILES string of the molecule is [2H]C(=O)c1c(C)cc(C)cc1C. The van der Waals surface area contributed by atoms with E-state index >= 15 is 0 Å². The Balaban J connectivity index is 3.38. The number of aldehydes is 1. The Bertz CT molecular complexity index is 306. The Hall–Kier alpha value is -1.11. The van der Waals surface area contributed by atoms with Gasteiger partial charge in [0, 0.05) is 5.56 Å². The first-order chi connectivity index (χ1) is 5.52. The Morgan fingerprint density at radius 1 is 1.27 bits per heavy atom. The van der Waals surface area contributed by atoms with E-state index in [1.165, 1.54) is 0 Å². The van der Waals surface area contributed by atoms with Gasteiger partial charge in [0.05, 0.1) is 0 Å². The molecule has 0 unspecified atom stereocenters. The first kappa shape index (κ1) is 6.59. The molecule has 0 aliphatic rings. The Morgan fingerprint density at radius 2 is 1.73 bits per heavy atom. The highest BCUT2D eigenvalue weighted by Crippen LogP contribution is 2.13. The van der Waals surface area contributed by atoms with Crippen molar-refractivity contribution in [2.75, 3.05) is 0 Å². The highest BCUT2D eigenvalue weighted by atomic mass is 16.1. The molecule has 1 heteroatoms. The van der Waals surface area contributed by atoms with Crippen molar-refractivity contribution in [2.45, 2.75) is 20.8 Å². The lowest BCUT2D eigenvalue weighted by atomic mass is 10.0. The molecular formula is C10H12O. The molecule has 0 saturated carbocycles. The van der Waals surface area contributed by atoms with Crippen molar-refractivity contribution in [2.24, 2.45) is 0 Å². The fraction of sp³-hybridized carbons (Fsp3) is 0.300. The van der Waals surface area contributed by atoms with Gasteiger partial charge in [-0.25, -0.2) is 0 Å². The van der Waals surface area contributed by atoms with Crippen LogP contribution in [0.2, 0.25) is 0 Å². The maximum atomic E-state index is 10.9. The van der Waals surface area contributed by atoms with Crippen molar-refractivity contribution >= 4 is 6.26 Å². The number of benzene rings is 1. The van der Waals surface area contributed by atoms with Gasteiger partial charge in [-0.05, 0) is 31.9 Å². The van der Waals surface area contributed by atoms with E-state index in [0.717, 1.165) is 16.7 Å². The van der Waals surface area contributed by atoms with E-state index in [1.54, 1.807) is 0 Å². The van der Waals surface area contributed by atoms with E-state index in [4.69, 9.17) is 1.37 Å². The zero-order valence-electron chi connectivity index (χ0n) is 8.06. The van der Waals surface area contributed by atoms with Crippen LogP contribution in [0.5, 0.6) is 0 Å². The second-order valence-electron chi connectivity index (χ2n) is 2.88. The molecule has 1 rings (SSSR count). The van der Waals surface area contributed by atoms with E-state index in [1.807, 2.05) is 32.9 Å². The van der Waals surface area contributed by atoms with E-state index in [2.05, 4.69) is 0 Å². The van der Waals surface area contributed by atoms with E-state index in [0.29, 0.717) is 5.56 Å². The Labute approximate surface area is 68.5 Å². The van der Waals surface area contributed by atoms with Gasteiger partial charge >= 0.3 is 0 Å². The number of carbonyl (C=O) groups is 1. The average molecular weight is 149 g/mol. The van der Waals surface area contributed by atoms with Crippen LogP contribution in [0, 0.1) is 20.8 Å². The minimum absolute atomic E-state index is 0.542. The standard InChI is InChI=1S/C10H12O/c1-7-4-8(2)10(6-11)9(3)5-7/h4-6H,1-3H3/i6D. The van der Waals surface area contributed by atoms with E-state index < -0.39 is 6.26 Å². The molecule has 0 aliphatic carbocycles. The fourth-order valence-electron chi connectivity index (χ4n) is 1.34. The Kier molecular flexibility index (Phi) is 1.72. The summed E-state index contributed by atoms with van der Waals surface area (Å²) in [5, 5.41) is 0. The Morgan fingerprint density at radius 3 is 2.09 bits per heavy atom. The van der Waals surface area contributed by atoms with Gasteiger partial charge in [-0.1, -0.05) is 17.7 Å². The van der Waals surface area contributed by atoms with E-state index in [-0.39, 0.29) is 0 Å². The molecule has 0 fully saturated rings. The maximum absolute atomic E-state index is 10.9. The number of aryl methyl sites for hydroxylation is 3. The van der Waals surface area contributed by atoms with Crippen LogP contribution in [-0.2, 0) is 0 Å². The second kappa shape index (κ2) is 2.87. The summed E-state index contributed by atoms with van der Waals surface area (Å²) in [6.07, 6.45) is -0.593. The molecule has 0 saturated heterocycles. The molecule has 0 amide bonds. The molecule has 0 aliphatic heterocycles. The van der Waals surface area contributed by atoms with Crippen molar-refractivity contribution in [3.05, 3.63) is 34.4 Å². The van der Waals surface area contributed by atoms with E-state index in [9.17, 15) is 4.79 Å². The summed E-state index contributed by atoms with van der Waals surface area (Å²) in [6, 6.07) is 3.85. The van der Waals surface area contributed by atoms with Crippen LogP contribution >= 0.6 is 0 Å². The zero-order valence-corrected chi connectivity index (χ0v) is 7.06. The molecule has 11 heavy (non-hydrogen) atoms. The highest BCUT2D eigenvalue weighted by Gasteiger charge is 2.00. The number of rotatable bonds is 1. The molecule has 0 bridgehead atoms. The van der Waals surface area contributed by atoms with Gasteiger partial charge in [-0.2, -0.15) is 0 Å². The van der Waals surface area contributed by atoms with Crippen LogP contribution in [0.3, 0.4) is 0 Å². The van der Waals surface area contributed by atoms with Gasteiger partial charge in [0.2, 0.25) is 0 Å². The fourth-order valence-corrected chi connectivity index (χ4v) is 1.34. The van der Waals surface area contributed by atoms with Crippen LogP contribution in [-0.4, -0.2) is 6.26 Å². The van der Waals surface area contributed by atoms with Crippen molar-refractivity contribution < 1.29 is 6.17 Å². The second-order valence-corrected chi connectivity index (χ2v) is 2.88. The largest absolute Gasteiger partial charge is 0.298 e. The van der Waals surface area contributed by atoms with Crippen LogP contribution in [0.4, 0.5) is 0 Å². The van der Waals surface area contributed by atoms with Gasteiger partial charge in [0.15, 0.2) is 6.26 Å². The molecule has 0 atom stereocenters. The summed E-state index contributed by atoms with van der Waals surface area (Å²) in [6.45, 7) is 5.71. The predicted octanol–water partition coefficient (Wildman–Crippen LogP) is 2.42. The van der Waals surface area contributed by atoms with Crippen LogP contribution in [0.25, 0.3) is 0 Å². The topological polar surface area (TPSA) is 17.1 Å². The minimum atomic E-state index is -0.593. The summed E-state index contributed by atoms with van der Waals surface area (Å²) in [5.74, 6) is 0. The monoisotopic (exact) mass is 149 g/mol. The normalized spacial score (nSPS) is 11.0. The van der Waals surface area contributed by atoms with Crippen molar-refractivity contribution in [1.82, 2.24) is 0 Å². The molecule has 0 spiro atoms. The quantitative estimate of drug-likeness (QED) is 0.560. The highest BCUT2D eigenvalue weighted by molar-refractivity contribution is 5.79. The van der Waals surface area contributed by atoms with Crippen molar-refractivity contribution in [3.63, 3.8) is 0 Å². The summed E-state index contributed by atoms with van der Waals surface area (Å²) in [7, 11) is 0. The molecular weight excluding hydrogens is 136 g/mol. The summed E-state index contributed by atoms with van der Waals surface area (Å²) < 4.78 is 7.03. The van der Waals surface area contributed by atoms with Crippen LogP contribution in [0.1, 0.15) is 28.4 Å². The first-order valence-corrected chi connectivity index (χ1v) is 3.61. The lowest BCUT2D eigenvalue weighted by Crippen LogP contribution is -1.91. The summed E-state index contributed by atoms with van der Waals surface area (Å²) in [4.78, 5) is 10.9. The van der Waals surface area contributed by atoms with Crippen LogP contribution < -0.4 is 0 Å². The number of hydrogen-bond acceptors (Lipinski definition) is 1. The maximum Gasteiger partial charge on any atom is 0.150 e. The van der Waals surface area contributed by atoms with Gasteiger partial charge in [0.25, 0.3) is 0 Å². The third-order valence-electron chi connectivity index (χ3n) is 1.78. The third-order valence-corrected chi connectivity index (χ3v) is 1.78. The summed E-state index contributed by atoms with van der Waals surface area (Å²) >= 11 is 0. The first-order valence-electron chi connectivity index (χ1n) is 4.11. The predicted molar refractivity (Wildman–Crippen MR) is 46.0 cm³/mol. The molecule has 58 valence electrons. The third kappa shape index (κ3) is 1.48. The molecule has 0 heterocycles. The molecule has 0 N–H and O–H groups in total. The van der Waals surface area contributed by atoms with Gasteiger partial charge < -0.3 is 0 Å². The molecule has 0 radical (unpaired) electrons. The molecule has 0 aromatic heterocycles. The van der Waals surface area contributed by atoms with Crippen molar-refractivity contribution in [3.8, 4) is 0 Å². The van der Waals surface area contributed by atoms with Gasteiger partial charge in [0.1, 0.15) is 1.37 Å². The lowest BCUT2D eigenvalue weighted by Gasteiger charge is -2.03. The lowest BCUT2D eigenvalue weighted by molar-refractivity contribution is 0.112. The minimum Gasteiger partial charge on any atom is -0.298 e. The van der Waals surface area contributed by atoms with Gasteiger partial charge in [-0.3, -0.25) is 4.79 Å². The smallest absolute Gasteiger partial charge is 0.150 e. The molecule has 1 aromatic rings. The van der Waals surface area contributed by atoms with Crippen molar-refractivity contribution in [1.29, 1.82) is 0 Å². The molecule has 1 aromatic carbocycles. The number of carbonyl (C=O) groups excluding carboxylic acids is 1. The average Bonchev–Trinajstić information content (AvgIpc) is 1.82. The zero-order chi connectivity index (χ0) is 9.30.